The predicted molar refractivity (Wildman–Crippen MR) is 237 cm³/mol. The molecule has 1 aromatic heterocycles. The fourth-order valence-corrected chi connectivity index (χ4v) is 8.26. The van der Waals surface area contributed by atoms with Crippen molar-refractivity contribution >= 4 is 69.5 Å². The largest absolute Gasteiger partial charge is 0.481 e. The first-order valence-electron chi connectivity index (χ1n) is 20.4. The Balaban J connectivity index is 1.94. The number of carboxylic acids is 1. The maximum atomic E-state index is 14.7. The number of unbranched alkanes of at least 4 members (excludes halogenated alkanes) is 1. The monoisotopic (exact) mass is 950 g/mol. The van der Waals surface area contributed by atoms with Crippen molar-refractivity contribution in [2.45, 2.75) is 137 Å². The van der Waals surface area contributed by atoms with Crippen LogP contribution >= 0.6 is 34.2 Å². The zero-order valence-corrected chi connectivity index (χ0v) is 38.7. The van der Waals surface area contributed by atoms with Crippen LogP contribution in [0, 0.1) is 29.6 Å². The highest BCUT2D eigenvalue weighted by atomic mass is 127. The number of piperidine rings is 1. The Morgan fingerprint density at radius 1 is 1.14 bits per heavy atom. The number of likely N-dealkylation sites (tertiary alicyclic amines) is 1. The fourth-order valence-electron chi connectivity index (χ4n) is 7.06. The molecule has 326 valence electrons. The Morgan fingerprint density at radius 3 is 2.41 bits per heavy atom. The summed E-state index contributed by atoms with van der Waals surface area (Å²) in [6.45, 7) is 13.2. The van der Waals surface area contributed by atoms with Gasteiger partial charge in [-0.1, -0.05) is 52.7 Å². The molecule has 0 bridgehead atoms. The minimum absolute atomic E-state index is 0.0801. The van der Waals surface area contributed by atoms with Crippen LogP contribution in [0.25, 0.3) is 0 Å². The number of halogens is 1. The molecule has 3 rings (SSSR count). The van der Waals surface area contributed by atoms with E-state index in [1.807, 2.05) is 86.8 Å². The first-order valence-corrected chi connectivity index (χ1v) is 22.4. The van der Waals surface area contributed by atoms with Crippen LogP contribution in [0.1, 0.15) is 127 Å². The first kappa shape index (κ1) is 49.6. The normalized spacial score (nSPS) is 17.1. The molecule has 1 fully saturated rings. The quantitative estimate of drug-likeness (QED) is 0.0226. The first-order chi connectivity index (χ1) is 27.9. The Hall–Kier alpha value is -3.79. The summed E-state index contributed by atoms with van der Waals surface area (Å²) in [6.07, 6.45) is 9.36. The number of hydrogen-bond donors (Lipinski definition) is 4. The van der Waals surface area contributed by atoms with Gasteiger partial charge in [0.25, 0.3) is 11.8 Å². The molecular formula is C43H63IN6O8S. The number of aromatic nitrogens is 1. The second kappa shape index (κ2) is 23.9. The summed E-state index contributed by atoms with van der Waals surface area (Å²) in [6, 6.07) is 5.22. The third-order valence-corrected chi connectivity index (χ3v) is 12.4. The SMILES string of the molecule is C#CCCCON(C(=O)[C@@H](NC(=O)[C@H]1CCCCN1C)[C@@H](C)CC)[C@H](C[C@@H](OC(C)=O)c1nc(C(=O)N[C@@H](Cc2ccc(NI)cc2)CC(C)(C)C(=O)O)cs1)C(C)C. The van der Waals surface area contributed by atoms with Crippen LogP contribution in [0.15, 0.2) is 29.6 Å². The van der Waals surface area contributed by atoms with Crippen LogP contribution in [0.4, 0.5) is 5.69 Å². The van der Waals surface area contributed by atoms with Crippen LogP contribution in [-0.2, 0) is 35.2 Å². The van der Waals surface area contributed by atoms with Gasteiger partial charge in [0.15, 0.2) is 6.10 Å². The van der Waals surface area contributed by atoms with Gasteiger partial charge in [0, 0.05) is 36.9 Å². The third kappa shape index (κ3) is 15.0. The average Bonchev–Trinajstić information content (AvgIpc) is 3.69. The van der Waals surface area contributed by atoms with Crippen LogP contribution in [0.3, 0.4) is 0 Å². The average molecular weight is 951 g/mol. The number of hydroxylamine groups is 2. The highest BCUT2D eigenvalue weighted by Gasteiger charge is 2.40. The number of aliphatic carboxylic acids is 1. The van der Waals surface area contributed by atoms with E-state index in [-0.39, 0.29) is 48.9 Å². The number of ether oxygens (including phenoxy) is 1. The summed E-state index contributed by atoms with van der Waals surface area (Å²) in [5.41, 5.74) is 0.774. The number of carbonyl (C=O) groups excluding carboxylic acids is 4. The minimum Gasteiger partial charge on any atom is -0.481 e. The van der Waals surface area contributed by atoms with Crippen molar-refractivity contribution in [1.82, 2.24) is 25.6 Å². The van der Waals surface area contributed by atoms with Gasteiger partial charge < -0.3 is 24.0 Å². The number of nitrogens with zero attached hydrogens (tertiary/aromatic N) is 3. The van der Waals surface area contributed by atoms with Crippen molar-refractivity contribution in [2.24, 2.45) is 17.3 Å². The zero-order chi connectivity index (χ0) is 43.9. The Bertz CT molecular complexity index is 1750. The van der Waals surface area contributed by atoms with Crippen molar-refractivity contribution in [3.63, 3.8) is 0 Å². The van der Waals surface area contributed by atoms with Crippen molar-refractivity contribution < 1.29 is 38.7 Å². The summed E-state index contributed by atoms with van der Waals surface area (Å²) in [5.74, 6) is -0.530. The number of rotatable bonds is 23. The number of nitrogens with one attached hydrogen (secondary N) is 3. The number of terminal acetylenes is 1. The Labute approximate surface area is 367 Å². The molecule has 14 nitrogen and oxygen atoms in total. The van der Waals surface area contributed by atoms with E-state index < -0.39 is 53.4 Å². The minimum atomic E-state index is -1.13. The molecule has 1 saturated heterocycles. The molecule has 1 aliphatic heterocycles. The van der Waals surface area contributed by atoms with Crippen molar-refractivity contribution in [3.8, 4) is 12.3 Å². The number of anilines is 1. The number of carbonyl (C=O) groups is 5. The van der Waals surface area contributed by atoms with Gasteiger partial charge in [-0.05, 0) is 89.1 Å². The molecule has 16 heteroatoms. The maximum Gasteiger partial charge on any atom is 0.309 e. The van der Waals surface area contributed by atoms with Crippen LogP contribution in [0.2, 0.25) is 0 Å². The summed E-state index contributed by atoms with van der Waals surface area (Å²) in [5, 5.41) is 19.2. The van der Waals surface area contributed by atoms with Gasteiger partial charge in [-0.25, -0.2) is 10.0 Å². The second-order valence-corrected chi connectivity index (χ2v) is 17.9. The van der Waals surface area contributed by atoms with E-state index in [9.17, 15) is 29.1 Å². The van der Waals surface area contributed by atoms with Crippen LogP contribution < -0.4 is 14.2 Å². The van der Waals surface area contributed by atoms with E-state index in [0.29, 0.717) is 37.1 Å². The van der Waals surface area contributed by atoms with Crippen molar-refractivity contribution in [1.29, 1.82) is 0 Å². The Morgan fingerprint density at radius 2 is 1.83 bits per heavy atom. The fraction of sp³-hybridized carbons (Fsp3) is 0.628. The zero-order valence-electron chi connectivity index (χ0n) is 35.7. The summed E-state index contributed by atoms with van der Waals surface area (Å²) < 4.78 is 8.90. The molecule has 3 amide bonds. The van der Waals surface area contributed by atoms with Gasteiger partial charge in [-0.15, -0.1) is 23.7 Å². The molecule has 0 aliphatic carbocycles. The van der Waals surface area contributed by atoms with Gasteiger partial charge in [0.05, 0.1) is 47.0 Å². The van der Waals surface area contributed by atoms with Crippen molar-refractivity contribution in [3.05, 3.63) is 45.9 Å². The highest BCUT2D eigenvalue weighted by molar-refractivity contribution is 14.1. The number of hydrogen-bond acceptors (Lipinski definition) is 11. The highest BCUT2D eigenvalue weighted by Crippen LogP contribution is 2.32. The summed E-state index contributed by atoms with van der Waals surface area (Å²) >= 11 is 3.18. The molecule has 0 spiro atoms. The molecule has 1 aromatic carbocycles. The van der Waals surface area contributed by atoms with Gasteiger partial charge in [-0.3, -0.25) is 33.7 Å². The van der Waals surface area contributed by atoms with Crippen LogP contribution in [-0.4, -0.2) is 94.1 Å². The lowest BCUT2D eigenvalue weighted by atomic mass is 9.84. The molecule has 1 aliphatic rings. The lowest BCUT2D eigenvalue weighted by Crippen LogP contribution is -2.58. The van der Waals surface area contributed by atoms with Crippen LogP contribution in [0.5, 0.6) is 0 Å². The standard InChI is InChI=1S/C43H63IN6O8S/c1-10-12-15-22-57-50(41(54)37(28(5)11-2)47-39(53)34-16-13-14-21-49(34)9)35(27(3)4)24-36(58-29(6)51)40-46-33(26-59-40)38(52)45-32(25-43(7,8)42(55)56)23-30-17-19-31(48-44)20-18-30/h1,17-20,26-28,32,34-37,48H,11-16,21-25H2,2-9H3,(H,45,52)(H,47,53)(H,55,56)/t28-,32-,34+,35+,36+,37-/m0/s1. The number of carboxylic acid groups (broad SMARTS) is 1. The van der Waals surface area contributed by atoms with E-state index in [1.165, 1.54) is 12.0 Å². The van der Waals surface area contributed by atoms with Gasteiger partial charge in [-0.2, -0.15) is 0 Å². The van der Waals surface area contributed by atoms with E-state index in [0.717, 1.165) is 42.0 Å². The molecule has 2 aromatic rings. The third-order valence-electron chi connectivity index (χ3n) is 10.8. The van der Waals surface area contributed by atoms with Crippen molar-refractivity contribution in [2.75, 3.05) is 23.7 Å². The lowest BCUT2D eigenvalue weighted by Gasteiger charge is -2.39. The molecule has 0 saturated carbocycles. The molecule has 0 radical (unpaired) electrons. The molecule has 2 heterocycles. The molecular weight excluding hydrogens is 887 g/mol. The molecule has 59 heavy (non-hydrogen) atoms. The Kier molecular flexibility index (Phi) is 20.0. The topological polar surface area (TPSA) is 180 Å². The van der Waals surface area contributed by atoms with Gasteiger partial charge in [0.2, 0.25) is 5.91 Å². The second-order valence-electron chi connectivity index (χ2n) is 16.4. The molecule has 6 atom stereocenters. The smallest absolute Gasteiger partial charge is 0.309 e. The number of amides is 3. The number of thiazole rings is 1. The summed E-state index contributed by atoms with van der Waals surface area (Å²) in [4.78, 5) is 79.8. The predicted octanol–water partition coefficient (Wildman–Crippen LogP) is 6.95. The van der Waals surface area contributed by atoms with E-state index in [2.05, 4.69) is 25.1 Å². The number of esters is 1. The maximum absolute atomic E-state index is 14.7. The number of benzene rings is 1. The number of likely N-dealkylation sites (N-methyl/N-ethyl adjacent to an activating group) is 1. The molecule has 4 N–H and O–H groups in total. The lowest BCUT2D eigenvalue weighted by molar-refractivity contribution is -0.213. The van der Waals surface area contributed by atoms with Gasteiger partial charge >= 0.3 is 11.9 Å². The molecule has 0 unspecified atom stereocenters. The van der Waals surface area contributed by atoms with E-state index in [4.69, 9.17) is 16.0 Å². The van der Waals surface area contributed by atoms with E-state index >= 15 is 0 Å². The summed E-state index contributed by atoms with van der Waals surface area (Å²) in [7, 11) is 1.92. The van der Waals surface area contributed by atoms with E-state index in [1.54, 1.807) is 19.2 Å². The van der Waals surface area contributed by atoms with Gasteiger partial charge in [0.1, 0.15) is 16.7 Å².